The molecule has 1 spiro atoms. The number of hydrogen-bond donors (Lipinski definition) is 3. The minimum Gasteiger partial charge on any atom is -0.322 e. The van der Waals surface area contributed by atoms with Gasteiger partial charge in [-0.25, -0.2) is 9.59 Å². The molecule has 0 bridgehead atoms. The number of carbonyl (C=O) groups excluding carboxylic acids is 1. The molecule has 164 valence electrons. The highest BCUT2D eigenvalue weighted by molar-refractivity contribution is 5.88. The summed E-state index contributed by atoms with van der Waals surface area (Å²) in [6, 6.07) is 9.47. The lowest BCUT2D eigenvalue weighted by molar-refractivity contribution is -0.0382. The largest absolute Gasteiger partial charge is 0.354 e. The van der Waals surface area contributed by atoms with E-state index in [4.69, 9.17) is 0 Å². The lowest BCUT2D eigenvalue weighted by atomic mass is 9.74. The number of carbonyl (C=O) groups is 1. The van der Waals surface area contributed by atoms with Gasteiger partial charge in [0.25, 0.3) is 0 Å². The Kier molecular flexibility index (Phi) is 5.47. The summed E-state index contributed by atoms with van der Waals surface area (Å²) >= 11 is 0. The maximum atomic E-state index is 12.5. The van der Waals surface area contributed by atoms with Gasteiger partial charge in [-0.1, -0.05) is 12.1 Å². The lowest BCUT2D eigenvalue weighted by Gasteiger charge is -2.56. The zero-order valence-corrected chi connectivity index (χ0v) is 17.6. The highest BCUT2D eigenvalue weighted by Crippen LogP contribution is 2.33. The van der Waals surface area contributed by atoms with E-state index in [0.717, 1.165) is 31.7 Å². The van der Waals surface area contributed by atoms with Crippen LogP contribution >= 0.6 is 0 Å². The number of benzene rings is 1. The maximum Gasteiger partial charge on any atom is 0.354 e. The van der Waals surface area contributed by atoms with Crippen LogP contribution in [0.2, 0.25) is 0 Å². The minimum absolute atomic E-state index is 0.225. The van der Waals surface area contributed by atoms with Gasteiger partial charge in [0.2, 0.25) is 0 Å². The molecule has 0 atom stereocenters. The number of amides is 2. The van der Waals surface area contributed by atoms with Crippen molar-refractivity contribution in [3.8, 4) is 5.69 Å². The molecule has 4 heterocycles. The zero-order chi connectivity index (χ0) is 21.3. The van der Waals surface area contributed by atoms with Crippen molar-refractivity contribution in [3.63, 3.8) is 0 Å². The zero-order valence-electron chi connectivity index (χ0n) is 17.6. The predicted octanol–water partition coefficient (Wildman–Crippen LogP) is 0.117. The number of anilines is 1. The van der Waals surface area contributed by atoms with Crippen molar-refractivity contribution < 1.29 is 4.79 Å². The van der Waals surface area contributed by atoms with E-state index in [-0.39, 0.29) is 11.8 Å². The van der Waals surface area contributed by atoms with Gasteiger partial charge in [-0.2, -0.15) is 4.98 Å². The summed E-state index contributed by atoms with van der Waals surface area (Å²) in [5.41, 5.74) is 2.18. The molecule has 0 unspecified atom stereocenters. The molecule has 3 saturated heterocycles. The highest BCUT2D eigenvalue weighted by Gasteiger charge is 2.46. The van der Waals surface area contributed by atoms with Crippen LogP contribution in [0.4, 0.5) is 10.6 Å². The summed E-state index contributed by atoms with van der Waals surface area (Å²) in [7, 11) is 0. The van der Waals surface area contributed by atoms with Gasteiger partial charge in [-0.15, -0.1) is 0 Å². The van der Waals surface area contributed by atoms with Crippen molar-refractivity contribution in [2.45, 2.75) is 6.42 Å². The van der Waals surface area contributed by atoms with Crippen LogP contribution in [0.15, 0.2) is 41.3 Å². The smallest absolute Gasteiger partial charge is 0.322 e. The van der Waals surface area contributed by atoms with Gasteiger partial charge in [0.1, 0.15) is 5.82 Å². The first kappa shape index (κ1) is 20.2. The predicted molar refractivity (Wildman–Crippen MR) is 119 cm³/mol. The fraction of sp³-hybridized carbons (Fsp3) is 0.500. The quantitative estimate of drug-likeness (QED) is 0.632. The van der Waals surface area contributed by atoms with E-state index in [1.807, 2.05) is 12.1 Å². The number of rotatable bonds is 5. The number of nitrogens with zero attached hydrogens (tertiary/aromatic N) is 4. The van der Waals surface area contributed by atoms with Crippen LogP contribution in [-0.2, 0) is 6.42 Å². The molecule has 0 aliphatic carbocycles. The summed E-state index contributed by atoms with van der Waals surface area (Å²) in [6.07, 6.45) is 2.66. The number of piperazine rings is 1. The van der Waals surface area contributed by atoms with Gasteiger partial charge in [-0.05, 0) is 30.2 Å². The Morgan fingerprint density at radius 1 is 1.06 bits per heavy atom. The summed E-state index contributed by atoms with van der Waals surface area (Å²) in [4.78, 5) is 33.1. The minimum atomic E-state index is -0.411. The standard InChI is InChI=1S/C22H29N7O2/c30-20(28-11-7-23-8-12-28)25-19-6-10-29(21(31)26-19)18-3-1-17(2-4-18)5-9-27-15-22(16-27)13-24-14-22/h1-4,6,10,23-24H,5,7-9,11-16H2,(H,25,26,30,31). The summed E-state index contributed by atoms with van der Waals surface area (Å²) in [6.45, 7) is 8.65. The lowest BCUT2D eigenvalue weighted by Crippen LogP contribution is -2.71. The van der Waals surface area contributed by atoms with Gasteiger partial charge >= 0.3 is 11.7 Å². The summed E-state index contributed by atoms with van der Waals surface area (Å²) in [5, 5.41) is 9.29. The van der Waals surface area contributed by atoms with Crippen LogP contribution in [0.3, 0.4) is 0 Å². The monoisotopic (exact) mass is 423 g/mol. The van der Waals surface area contributed by atoms with Crippen molar-refractivity contribution in [2.24, 2.45) is 5.41 Å². The molecular weight excluding hydrogens is 394 g/mol. The Bertz CT molecular complexity index is 986. The number of nitrogens with one attached hydrogen (secondary N) is 3. The fourth-order valence-corrected chi connectivity index (χ4v) is 4.60. The third-order valence-electron chi connectivity index (χ3n) is 6.49. The Morgan fingerprint density at radius 3 is 2.45 bits per heavy atom. The number of aromatic nitrogens is 2. The van der Waals surface area contributed by atoms with E-state index in [2.05, 4.69) is 38.0 Å². The first-order valence-corrected chi connectivity index (χ1v) is 11.0. The van der Waals surface area contributed by atoms with Crippen LogP contribution in [0, 0.1) is 5.41 Å². The second kappa shape index (κ2) is 8.41. The SMILES string of the molecule is O=C(Nc1ccn(-c2ccc(CCN3CC4(CNC4)C3)cc2)c(=O)n1)N1CCNCC1. The Labute approximate surface area is 181 Å². The Balaban J connectivity index is 1.17. The average molecular weight is 424 g/mol. The molecule has 5 rings (SSSR count). The molecule has 31 heavy (non-hydrogen) atoms. The van der Waals surface area contributed by atoms with Gasteiger partial charge in [0, 0.05) is 70.5 Å². The van der Waals surface area contributed by atoms with Gasteiger partial charge in [-0.3, -0.25) is 9.88 Å². The number of urea groups is 1. The number of hydrogen-bond acceptors (Lipinski definition) is 6. The van der Waals surface area contributed by atoms with Crippen LogP contribution in [-0.4, -0.2) is 84.3 Å². The normalized spacial score (nSPS) is 20.2. The van der Waals surface area contributed by atoms with Crippen molar-refractivity contribution in [2.75, 3.05) is 64.2 Å². The summed E-state index contributed by atoms with van der Waals surface area (Å²) < 4.78 is 1.49. The molecule has 1 aromatic carbocycles. The molecule has 9 nitrogen and oxygen atoms in total. The highest BCUT2D eigenvalue weighted by atomic mass is 16.2. The molecule has 3 N–H and O–H groups in total. The van der Waals surface area contributed by atoms with E-state index in [9.17, 15) is 9.59 Å². The first-order valence-electron chi connectivity index (χ1n) is 11.0. The van der Waals surface area contributed by atoms with Crippen molar-refractivity contribution in [3.05, 3.63) is 52.6 Å². The van der Waals surface area contributed by atoms with E-state index >= 15 is 0 Å². The third kappa shape index (κ3) is 4.34. The molecule has 2 amide bonds. The first-order chi connectivity index (χ1) is 15.1. The third-order valence-corrected chi connectivity index (χ3v) is 6.49. The van der Waals surface area contributed by atoms with Crippen molar-refractivity contribution in [1.29, 1.82) is 0 Å². The van der Waals surface area contributed by atoms with Gasteiger partial charge in [0.05, 0.1) is 5.69 Å². The molecule has 1 aromatic heterocycles. The molecule has 3 aliphatic rings. The second-order valence-electron chi connectivity index (χ2n) is 8.86. The average Bonchev–Trinajstić information content (AvgIpc) is 2.73. The Hall–Kier alpha value is -2.75. The van der Waals surface area contributed by atoms with Crippen LogP contribution < -0.4 is 21.6 Å². The molecule has 2 aromatic rings. The summed E-state index contributed by atoms with van der Waals surface area (Å²) in [5.74, 6) is 0.274. The van der Waals surface area contributed by atoms with Crippen LogP contribution in [0.1, 0.15) is 5.56 Å². The van der Waals surface area contributed by atoms with Crippen LogP contribution in [0.5, 0.6) is 0 Å². The van der Waals surface area contributed by atoms with E-state index < -0.39 is 5.69 Å². The fourth-order valence-electron chi connectivity index (χ4n) is 4.60. The van der Waals surface area contributed by atoms with E-state index in [1.54, 1.807) is 17.2 Å². The molecule has 3 fully saturated rings. The molecule has 3 aliphatic heterocycles. The van der Waals surface area contributed by atoms with Crippen molar-refractivity contribution >= 4 is 11.8 Å². The van der Waals surface area contributed by atoms with Crippen molar-refractivity contribution in [1.82, 2.24) is 30.0 Å². The molecule has 0 saturated carbocycles. The van der Waals surface area contributed by atoms with Gasteiger partial charge < -0.3 is 20.4 Å². The van der Waals surface area contributed by atoms with E-state index in [0.29, 0.717) is 18.5 Å². The maximum absolute atomic E-state index is 12.5. The molecule has 9 heteroatoms. The molecule has 0 radical (unpaired) electrons. The number of likely N-dealkylation sites (tertiary alicyclic amines) is 1. The Morgan fingerprint density at radius 2 is 1.81 bits per heavy atom. The molecular formula is C22H29N7O2. The van der Waals surface area contributed by atoms with Gasteiger partial charge in [0.15, 0.2) is 0 Å². The van der Waals surface area contributed by atoms with E-state index in [1.165, 1.54) is 36.3 Å². The van der Waals surface area contributed by atoms with Crippen LogP contribution in [0.25, 0.3) is 5.69 Å². The second-order valence-corrected chi connectivity index (χ2v) is 8.86. The topological polar surface area (TPSA) is 94.5 Å².